The second-order valence-corrected chi connectivity index (χ2v) is 4.47. The molecule has 0 saturated carbocycles. The molecule has 17 heavy (non-hydrogen) atoms. The summed E-state index contributed by atoms with van der Waals surface area (Å²) in [6.07, 6.45) is 0. The molecule has 1 aliphatic heterocycles. The molecular weight excluding hydrogens is 210 g/mol. The summed E-state index contributed by atoms with van der Waals surface area (Å²) in [5, 5.41) is 6.89. The zero-order valence-electron chi connectivity index (χ0n) is 10.9. The standard InChI is InChI=1S/C14H21N3/c1-4-15-13(14-16-8-9-17-14)12-7-5-6-10(2)11(12)3/h5-7,13,15H,4,8-9H2,1-3H3,(H,16,17). The van der Waals surface area contributed by atoms with E-state index >= 15 is 0 Å². The fourth-order valence-electron chi connectivity index (χ4n) is 2.25. The number of aliphatic imine (C=N–C) groups is 1. The number of nitrogens with zero attached hydrogens (tertiary/aromatic N) is 1. The molecule has 1 heterocycles. The first-order valence-corrected chi connectivity index (χ1v) is 6.31. The first-order chi connectivity index (χ1) is 8.24. The van der Waals surface area contributed by atoms with E-state index in [1.165, 1.54) is 16.7 Å². The molecule has 2 N–H and O–H groups in total. The van der Waals surface area contributed by atoms with Crippen LogP contribution in [0.2, 0.25) is 0 Å². The van der Waals surface area contributed by atoms with Crippen LogP contribution in [0.15, 0.2) is 23.2 Å². The largest absolute Gasteiger partial charge is 0.370 e. The smallest absolute Gasteiger partial charge is 0.118 e. The van der Waals surface area contributed by atoms with E-state index < -0.39 is 0 Å². The molecule has 0 fully saturated rings. The minimum absolute atomic E-state index is 0.211. The molecule has 1 unspecified atom stereocenters. The Bertz CT molecular complexity index is 423. The Balaban J connectivity index is 2.35. The molecular formula is C14H21N3. The van der Waals surface area contributed by atoms with Crippen molar-refractivity contribution in [3.05, 3.63) is 34.9 Å². The van der Waals surface area contributed by atoms with Crippen LogP contribution in [0.5, 0.6) is 0 Å². The van der Waals surface area contributed by atoms with Gasteiger partial charge in [-0.05, 0) is 37.1 Å². The number of benzene rings is 1. The Labute approximate surface area is 103 Å². The van der Waals surface area contributed by atoms with Gasteiger partial charge in [0.05, 0.1) is 12.6 Å². The Morgan fingerprint density at radius 2 is 2.24 bits per heavy atom. The lowest BCUT2D eigenvalue weighted by molar-refractivity contribution is 0.660. The van der Waals surface area contributed by atoms with Crippen LogP contribution < -0.4 is 10.6 Å². The molecule has 1 aliphatic rings. The second-order valence-electron chi connectivity index (χ2n) is 4.47. The number of nitrogens with one attached hydrogen (secondary N) is 2. The van der Waals surface area contributed by atoms with Gasteiger partial charge in [0.2, 0.25) is 0 Å². The van der Waals surface area contributed by atoms with E-state index in [0.29, 0.717) is 0 Å². The molecule has 92 valence electrons. The summed E-state index contributed by atoms with van der Waals surface area (Å²) in [6, 6.07) is 6.68. The van der Waals surface area contributed by atoms with Crippen molar-refractivity contribution in [3.8, 4) is 0 Å². The molecule has 0 saturated heterocycles. The maximum absolute atomic E-state index is 4.54. The van der Waals surface area contributed by atoms with Gasteiger partial charge in [-0.2, -0.15) is 0 Å². The Morgan fingerprint density at radius 3 is 2.88 bits per heavy atom. The van der Waals surface area contributed by atoms with Gasteiger partial charge in [-0.15, -0.1) is 0 Å². The Hall–Kier alpha value is -1.35. The SMILES string of the molecule is CCNC(C1=NCCN1)c1cccc(C)c1C. The number of likely N-dealkylation sites (N-methyl/N-ethyl adjacent to an activating group) is 1. The Morgan fingerprint density at radius 1 is 1.41 bits per heavy atom. The van der Waals surface area contributed by atoms with Crippen LogP contribution in [0, 0.1) is 13.8 Å². The summed E-state index contributed by atoms with van der Waals surface area (Å²) < 4.78 is 0. The van der Waals surface area contributed by atoms with Crippen molar-refractivity contribution in [3.63, 3.8) is 0 Å². The number of rotatable bonds is 4. The van der Waals surface area contributed by atoms with Gasteiger partial charge in [-0.1, -0.05) is 25.1 Å². The van der Waals surface area contributed by atoms with Crippen molar-refractivity contribution >= 4 is 5.84 Å². The van der Waals surface area contributed by atoms with Crippen LogP contribution in [-0.2, 0) is 0 Å². The van der Waals surface area contributed by atoms with E-state index in [0.717, 1.165) is 25.5 Å². The third-order valence-corrected chi connectivity index (χ3v) is 3.34. The van der Waals surface area contributed by atoms with Gasteiger partial charge in [0.15, 0.2) is 0 Å². The van der Waals surface area contributed by atoms with Crippen LogP contribution in [0.3, 0.4) is 0 Å². The van der Waals surface area contributed by atoms with Gasteiger partial charge in [-0.25, -0.2) is 0 Å². The highest BCUT2D eigenvalue weighted by atomic mass is 15.1. The monoisotopic (exact) mass is 231 g/mol. The third-order valence-electron chi connectivity index (χ3n) is 3.34. The molecule has 0 aliphatic carbocycles. The highest BCUT2D eigenvalue weighted by molar-refractivity contribution is 5.90. The molecule has 3 nitrogen and oxygen atoms in total. The first-order valence-electron chi connectivity index (χ1n) is 6.31. The van der Waals surface area contributed by atoms with Crippen LogP contribution >= 0.6 is 0 Å². The number of amidine groups is 1. The molecule has 1 aromatic rings. The minimum Gasteiger partial charge on any atom is -0.370 e. The van der Waals surface area contributed by atoms with Crippen LogP contribution in [0.4, 0.5) is 0 Å². The predicted octanol–water partition coefficient (Wildman–Crippen LogP) is 1.96. The average molecular weight is 231 g/mol. The molecule has 3 heteroatoms. The van der Waals surface area contributed by atoms with E-state index in [4.69, 9.17) is 0 Å². The van der Waals surface area contributed by atoms with Crippen molar-refractivity contribution in [2.75, 3.05) is 19.6 Å². The van der Waals surface area contributed by atoms with Crippen LogP contribution in [-0.4, -0.2) is 25.5 Å². The van der Waals surface area contributed by atoms with Gasteiger partial charge < -0.3 is 10.6 Å². The van der Waals surface area contributed by atoms with E-state index in [2.05, 4.69) is 54.6 Å². The van der Waals surface area contributed by atoms with E-state index in [1.807, 2.05) is 0 Å². The summed E-state index contributed by atoms with van der Waals surface area (Å²) in [5.41, 5.74) is 4.03. The van der Waals surface area contributed by atoms with Gasteiger partial charge in [-0.3, -0.25) is 4.99 Å². The fraction of sp³-hybridized carbons (Fsp3) is 0.500. The number of hydrogen-bond acceptors (Lipinski definition) is 3. The van der Waals surface area contributed by atoms with Crippen molar-refractivity contribution < 1.29 is 0 Å². The van der Waals surface area contributed by atoms with Gasteiger partial charge in [0.25, 0.3) is 0 Å². The van der Waals surface area contributed by atoms with Gasteiger partial charge in [0.1, 0.15) is 5.84 Å². The average Bonchev–Trinajstić information content (AvgIpc) is 2.84. The van der Waals surface area contributed by atoms with Crippen molar-refractivity contribution in [1.29, 1.82) is 0 Å². The molecule has 1 aromatic carbocycles. The predicted molar refractivity (Wildman–Crippen MR) is 72.6 cm³/mol. The summed E-state index contributed by atoms with van der Waals surface area (Å²) in [6.45, 7) is 9.27. The topological polar surface area (TPSA) is 36.4 Å². The zero-order chi connectivity index (χ0) is 12.3. The summed E-state index contributed by atoms with van der Waals surface area (Å²) >= 11 is 0. The molecule has 2 rings (SSSR count). The zero-order valence-corrected chi connectivity index (χ0v) is 10.9. The second kappa shape index (κ2) is 5.32. The van der Waals surface area contributed by atoms with Crippen LogP contribution in [0.25, 0.3) is 0 Å². The molecule has 0 spiro atoms. The van der Waals surface area contributed by atoms with Crippen molar-refractivity contribution in [2.45, 2.75) is 26.8 Å². The maximum atomic E-state index is 4.54. The quantitative estimate of drug-likeness (QED) is 0.831. The first kappa shape index (κ1) is 12.1. The van der Waals surface area contributed by atoms with Crippen molar-refractivity contribution in [1.82, 2.24) is 10.6 Å². The summed E-state index contributed by atoms with van der Waals surface area (Å²) in [4.78, 5) is 4.54. The van der Waals surface area contributed by atoms with Gasteiger partial charge in [0, 0.05) is 6.54 Å². The Kier molecular flexibility index (Phi) is 3.79. The highest BCUT2D eigenvalue weighted by Gasteiger charge is 2.21. The summed E-state index contributed by atoms with van der Waals surface area (Å²) in [7, 11) is 0. The number of hydrogen-bond donors (Lipinski definition) is 2. The highest BCUT2D eigenvalue weighted by Crippen LogP contribution is 2.22. The summed E-state index contributed by atoms with van der Waals surface area (Å²) in [5.74, 6) is 1.08. The maximum Gasteiger partial charge on any atom is 0.118 e. The molecule has 0 amide bonds. The molecule has 0 radical (unpaired) electrons. The van der Waals surface area contributed by atoms with Crippen molar-refractivity contribution in [2.24, 2.45) is 4.99 Å². The molecule has 0 aromatic heterocycles. The lowest BCUT2D eigenvalue weighted by Crippen LogP contribution is -2.35. The normalized spacial score (nSPS) is 16.5. The van der Waals surface area contributed by atoms with E-state index in [1.54, 1.807) is 0 Å². The number of aryl methyl sites for hydroxylation is 1. The van der Waals surface area contributed by atoms with E-state index in [-0.39, 0.29) is 6.04 Å². The lowest BCUT2D eigenvalue weighted by atomic mass is 9.96. The molecule has 1 atom stereocenters. The third kappa shape index (κ3) is 2.50. The van der Waals surface area contributed by atoms with Crippen LogP contribution in [0.1, 0.15) is 29.7 Å². The molecule has 0 bridgehead atoms. The lowest BCUT2D eigenvalue weighted by Gasteiger charge is -2.21. The van der Waals surface area contributed by atoms with E-state index in [9.17, 15) is 0 Å². The minimum atomic E-state index is 0.211. The fourth-order valence-corrected chi connectivity index (χ4v) is 2.25. The van der Waals surface area contributed by atoms with Gasteiger partial charge >= 0.3 is 0 Å².